The Labute approximate surface area is 183 Å². The zero-order valence-corrected chi connectivity index (χ0v) is 18.2. The van der Waals surface area contributed by atoms with E-state index in [1.807, 2.05) is 25.1 Å². The molecule has 1 aliphatic rings. The maximum Gasteiger partial charge on any atom is 0.316 e. The number of carbonyl (C=O) groups excluding carboxylic acids is 1. The van der Waals surface area contributed by atoms with Gasteiger partial charge in [-0.2, -0.15) is 0 Å². The molecule has 0 saturated carbocycles. The van der Waals surface area contributed by atoms with Gasteiger partial charge >= 0.3 is 5.97 Å². The van der Waals surface area contributed by atoms with Crippen LogP contribution >= 0.6 is 11.8 Å². The molecule has 0 saturated heterocycles. The minimum absolute atomic E-state index is 0.00801. The fourth-order valence-electron chi connectivity index (χ4n) is 4.12. The van der Waals surface area contributed by atoms with Gasteiger partial charge in [-0.25, -0.2) is 0 Å². The van der Waals surface area contributed by atoms with Crippen molar-refractivity contribution in [3.8, 4) is 0 Å². The highest BCUT2D eigenvalue weighted by Gasteiger charge is 2.17. The summed E-state index contributed by atoms with van der Waals surface area (Å²) in [5.74, 6) is 0.816. The Balaban J connectivity index is 1.33. The van der Waals surface area contributed by atoms with Crippen LogP contribution in [0.15, 0.2) is 46.1 Å². The molecule has 5 rings (SSSR count). The van der Waals surface area contributed by atoms with Crippen molar-refractivity contribution < 1.29 is 9.53 Å². The highest BCUT2D eigenvalue weighted by molar-refractivity contribution is 8.00. The van der Waals surface area contributed by atoms with Crippen LogP contribution in [0.5, 0.6) is 0 Å². The Morgan fingerprint density at radius 3 is 2.84 bits per heavy atom. The first-order valence-corrected chi connectivity index (χ1v) is 11.2. The van der Waals surface area contributed by atoms with E-state index in [0.717, 1.165) is 23.3 Å². The second-order valence-corrected chi connectivity index (χ2v) is 8.92. The summed E-state index contributed by atoms with van der Waals surface area (Å²) >= 11 is 1.48. The molecule has 1 aliphatic carbocycles. The van der Waals surface area contributed by atoms with E-state index in [-0.39, 0.29) is 23.9 Å². The number of fused-ring (bicyclic) bond motifs is 4. The van der Waals surface area contributed by atoms with E-state index in [4.69, 9.17) is 4.74 Å². The van der Waals surface area contributed by atoms with Crippen LogP contribution in [0.2, 0.25) is 0 Å². The molecule has 0 radical (unpaired) electrons. The molecule has 0 bridgehead atoms. The zero-order valence-electron chi connectivity index (χ0n) is 17.4. The van der Waals surface area contributed by atoms with Crippen LogP contribution in [0.1, 0.15) is 28.9 Å². The molecule has 31 heavy (non-hydrogen) atoms. The lowest BCUT2D eigenvalue weighted by Gasteiger charge is -2.09. The number of aromatic nitrogens is 4. The fraction of sp³-hybridized carbons (Fsp3) is 0.304. The lowest BCUT2D eigenvalue weighted by Crippen LogP contribution is -2.20. The van der Waals surface area contributed by atoms with E-state index >= 15 is 0 Å². The van der Waals surface area contributed by atoms with Crippen molar-refractivity contribution in [2.75, 3.05) is 5.75 Å². The van der Waals surface area contributed by atoms with E-state index in [0.29, 0.717) is 22.5 Å². The van der Waals surface area contributed by atoms with E-state index in [2.05, 4.69) is 28.4 Å². The van der Waals surface area contributed by atoms with Crippen molar-refractivity contribution in [1.29, 1.82) is 0 Å². The van der Waals surface area contributed by atoms with E-state index in [9.17, 15) is 9.59 Å². The number of hydrogen-bond donors (Lipinski definition) is 0. The average Bonchev–Trinajstić information content (AvgIpc) is 3.41. The molecule has 0 atom stereocenters. The van der Waals surface area contributed by atoms with Crippen molar-refractivity contribution in [3.63, 3.8) is 0 Å². The number of esters is 1. The Morgan fingerprint density at radius 2 is 1.97 bits per heavy atom. The third kappa shape index (κ3) is 3.61. The third-order valence-corrected chi connectivity index (χ3v) is 6.70. The molecule has 2 aromatic heterocycles. The number of nitrogens with zero attached hydrogens (tertiary/aromatic N) is 4. The number of thioether (sulfide) groups is 1. The SMILES string of the molecule is Cc1ccc2c(c1)c(=O)n(C)c1nnc(COC(=O)CSc3ccc4c(c3)CCC4)n21. The number of carbonyl (C=O) groups is 1. The molecule has 0 spiro atoms. The van der Waals surface area contributed by atoms with E-state index in [1.165, 1.54) is 33.9 Å². The van der Waals surface area contributed by atoms with Crippen molar-refractivity contribution in [2.24, 2.45) is 7.05 Å². The minimum atomic E-state index is -0.313. The molecule has 0 fully saturated rings. The molecule has 8 heteroatoms. The second-order valence-electron chi connectivity index (χ2n) is 7.87. The highest BCUT2D eigenvalue weighted by Crippen LogP contribution is 2.27. The maximum absolute atomic E-state index is 12.7. The van der Waals surface area contributed by atoms with Gasteiger partial charge in [-0.1, -0.05) is 17.7 Å². The monoisotopic (exact) mass is 434 g/mol. The summed E-state index contributed by atoms with van der Waals surface area (Å²) in [7, 11) is 1.66. The van der Waals surface area contributed by atoms with Crippen LogP contribution in [0, 0.1) is 6.92 Å². The van der Waals surface area contributed by atoms with Crippen LogP contribution < -0.4 is 5.56 Å². The lowest BCUT2D eigenvalue weighted by atomic mass is 10.1. The first-order chi connectivity index (χ1) is 15.0. The molecule has 7 nitrogen and oxygen atoms in total. The van der Waals surface area contributed by atoms with Gasteiger partial charge in [0.1, 0.15) is 0 Å². The summed E-state index contributed by atoms with van der Waals surface area (Å²) in [4.78, 5) is 26.1. The molecule has 0 N–H and O–H groups in total. The van der Waals surface area contributed by atoms with Crippen LogP contribution in [0.3, 0.4) is 0 Å². The largest absolute Gasteiger partial charge is 0.457 e. The molecule has 0 aliphatic heterocycles. The normalized spacial score (nSPS) is 13.1. The van der Waals surface area contributed by atoms with Crippen LogP contribution in [0.25, 0.3) is 16.7 Å². The van der Waals surface area contributed by atoms with Gasteiger partial charge in [-0.15, -0.1) is 22.0 Å². The molecular formula is C23H22N4O3S. The minimum Gasteiger partial charge on any atom is -0.457 e. The molecular weight excluding hydrogens is 412 g/mol. The molecule has 2 aromatic carbocycles. The Hall–Kier alpha value is -3.13. The first-order valence-electron chi connectivity index (χ1n) is 10.2. The van der Waals surface area contributed by atoms with Gasteiger partial charge in [-0.3, -0.25) is 18.6 Å². The van der Waals surface area contributed by atoms with Crippen LogP contribution in [-0.2, 0) is 36.0 Å². The number of rotatable bonds is 5. The second kappa shape index (κ2) is 7.85. The topological polar surface area (TPSA) is 78.5 Å². The predicted octanol–water partition coefficient (Wildman–Crippen LogP) is 3.21. The van der Waals surface area contributed by atoms with Gasteiger partial charge in [0.25, 0.3) is 5.56 Å². The molecule has 158 valence electrons. The fourth-order valence-corrected chi connectivity index (χ4v) is 4.88. The predicted molar refractivity (Wildman–Crippen MR) is 119 cm³/mol. The van der Waals surface area contributed by atoms with Crippen LogP contribution in [-0.4, -0.2) is 30.9 Å². The van der Waals surface area contributed by atoms with Gasteiger partial charge < -0.3 is 4.74 Å². The summed E-state index contributed by atoms with van der Waals surface area (Å²) in [6.45, 7) is 1.93. The molecule has 0 amide bonds. The smallest absolute Gasteiger partial charge is 0.316 e. The van der Waals surface area contributed by atoms with Crippen molar-refractivity contribution in [2.45, 2.75) is 37.7 Å². The Morgan fingerprint density at radius 1 is 1.13 bits per heavy atom. The third-order valence-electron chi connectivity index (χ3n) is 5.73. The van der Waals surface area contributed by atoms with E-state index in [1.54, 1.807) is 11.4 Å². The summed E-state index contributed by atoms with van der Waals surface area (Å²) in [6.07, 6.45) is 3.47. The Kier molecular flexibility index (Phi) is 5.02. The highest BCUT2D eigenvalue weighted by atomic mass is 32.2. The summed E-state index contributed by atoms with van der Waals surface area (Å²) in [5.41, 5.74) is 4.37. The van der Waals surface area contributed by atoms with E-state index < -0.39 is 0 Å². The number of aryl methyl sites for hydroxylation is 4. The van der Waals surface area contributed by atoms with Gasteiger partial charge in [0, 0.05) is 11.9 Å². The first kappa shape index (κ1) is 19.8. The molecule has 2 heterocycles. The summed E-state index contributed by atoms with van der Waals surface area (Å²) in [6, 6.07) is 12.1. The van der Waals surface area contributed by atoms with Gasteiger partial charge in [0.15, 0.2) is 12.4 Å². The van der Waals surface area contributed by atoms with Gasteiger partial charge in [0.2, 0.25) is 5.78 Å². The number of ether oxygens (including phenoxy) is 1. The average molecular weight is 435 g/mol. The van der Waals surface area contributed by atoms with Gasteiger partial charge in [0.05, 0.1) is 16.7 Å². The number of benzene rings is 2. The lowest BCUT2D eigenvalue weighted by molar-refractivity contribution is -0.141. The molecule has 4 aromatic rings. The quantitative estimate of drug-likeness (QED) is 0.355. The summed E-state index contributed by atoms with van der Waals surface area (Å²) < 4.78 is 8.72. The van der Waals surface area contributed by atoms with Gasteiger partial charge in [-0.05, 0) is 61.6 Å². The van der Waals surface area contributed by atoms with Crippen LogP contribution in [0.4, 0.5) is 0 Å². The zero-order chi connectivity index (χ0) is 21.5. The standard InChI is InChI=1S/C23H22N4O3S/c1-14-6-9-19-18(10-14)22(29)26(2)23-25-24-20(27(19)23)12-30-21(28)13-31-17-8-7-15-4-3-5-16(15)11-17/h6-11H,3-5,12-13H2,1-2H3. The number of hydrogen-bond acceptors (Lipinski definition) is 6. The van der Waals surface area contributed by atoms with Crippen molar-refractivity contribution in [1.82, 2.24) is 19.2 Å². The molecule has 0 unspecified atom stereocenters. The van der Waals surface area contributed by atoms with Crippen molar-refractivity contribution in [3.05, 3.63) is 69.3 Å². The Bertz CT molecular complexity index is 1390. The maximum atomic E-state index is 12.7. The van der Waals surface area contributed by atoms with Crippen molar-refractivity contribution >= 4 is 34.4 Å². The summed E-state index contributed by atoms with van der Waals surface area (Å²) in [5, 5.41) is 8.88.